The van der Waals surface area contributed by atoms with Crippen molar-refractivity contribution in [3.05, 3.63) is 46.3 Å². The summed E-state index contributed by atoms with van der Waals surface area (Å²) in [7, 11) is -3.33. The number of benzene rings is 1. The third-order valence-corrected chi connectivity index (χ3v) is 8.04. The first-order chi connectivity index (χ1) is 15.7. The van der Waals surface area contributed by atoms with Gasteiger partial charge >= 0.3 is 0 Å². The van der Waals surface area contributed by atoms with Gasteiger partial charge in [-0.3, -0.25) is 9.10 Å². The zero-order valence-electron chi connectivity index (χ0n) is 19.5. The van der Waals surface area contributed by atoms with Crippen molar-refractivity contribution in [3.8, 4) is 0 Å². The summed E-state index contributed by atoms with van der Waals surface area (Å²) in [5.74, 6) is 0.712. The molecule has 2 aromatic heterocycles. The number of rotatable bonds is 8. The predicted molar refractivity (Wildman–Crippen MR) is 131 cm³/mol. The van der Waals surface area contributed by atoms with Crippen LogP contribution in [0.25, 0.3) is 5.78 Å². The number of sulfonamides is 1. The van der Waals surface area contributed by atoms with Gasteiger partial charge in [0.05, 0.1) is 17.7 Å². The molecule has 0 N–H and O–H groups in total. The first-order valence-electron chi connectivity index (χ1n) is 11.2. The molecule has 33 heavy (non-hydrogen) atoms. The highest BCUT2D eigenvalue weighted by atomic mass is 32.2. The zero-order valence-corrected chi connectivity index (χ0v) is 21.1. The minimum absolute atomic E-state index is 0.0392. The fourth-order valence-electron chi connectivity index (χ4n) is 4.26. The maximum Gasteiger partial charge on any atom is 0.253 e. The van der Waals surface area contributed by atoms with E-state index >= 15 is 0 Å². The molecule has 0 amide bonds. The van der Waals surface area contributed by atoms with Crippen LogP contribution < -0.4 is 4.31 Å². The molecule has 0 saturated heterocycles. The van der Waals surface area contributed by atoms with Crippen molar-refractivity contribution < 1.29 is 13.2 Å². The predicted octanol–water partition coefficient (Wildman–Crippen LogP) is 3.77. The summed E-state index contributed by atoms with van der Waals surface area (Å²) in [6, 6.07) is 5.27. The largest absolute Gasteiger partial charge is 0.293 e. The SMILES string of the molecule is CCCCc1c(C)nc2nc(SCC(=O)c3ccc4c(c3)CCCN4S(C)(=O)=O)nn2c1C. The lowest BCUT2D eigenvalue weighted by atomic mass is 9.99. The van der Waals surface area contributed by atoms with E-state index in [1.165, 1.54) is 27.9 Å². The number of carbonyl (C=O) groups excluding carboxylic acids is 1. The number of ketones is 1. The van der Waals surface area contributed by atoms with Gasteiger partial charge in [0.1, 0.15) is 0 Å². The molecule has 8 nitrogen and oxygen atoms in total. The van der Waals surface area contributed by atoms with E-state index in [-0.39, 0.29) is 11.5 Å². The fraction of sp³-hybridized carbons (Fsp3) is 0.478. The molecule has 0 radical (unpaired) electrons. The lowest BCUT2D eigenvalue weighted by molar-refractivity contribution is 0.102. The smallest absolute Gasteiger partial charge is 0.253 e. The van der Waals surface area contributed by atoms with Crippen molar-refractivity contribution in [2.75, 3.05) is 22.9 Å². The Morgan fingerprint density at radius 3 is 2.73 bits per heavy atom. The molecule has 0 bridgehead atoms. The van der Waals surface area contributed by atoms with Gasteiger partial charge in [-0.25, -0.2) is 17.9 Å². The van der Waals surface area contributed by atoms with Gasteiger partial charge in [-0.15, -0.1) is 5.10 Å². The van der Waals surface area contributed by atoms with E-state index in [2.05, 4.69) is 22.0 Å². The van der Waals surface area contributed by atoms with Gasteiger partial charge in [-0.2, -0.15) is 4.98 Å². The molecule has 0 spiro atoms. The summed E-state index contributed by atoms with van der Waals surface area (Å²) in [6.07, 6.45) is 5.89. The average molecular weight is 488 g/mol. The molecular formula is C23H29N5O3S2. The number of unbranched alkanes of at least 4 members (excludes halogenated alkanes) is 1. The van der Waals surface area contributed by atoms with Crippen LogP contribution in [0, 0.1) is 13.8 Å². The Balaban J connectivity index is 1.50. The standard InChI is InChI=1S/C23H29N5O3S2/c1-5-6-9-19-15(2)24-22-25-23(26-28(22)16(19)3)32-14-21(29)18-10-11-20-17(13-18)8-7-12-27(20)33(4,30)31/h10-11,13H,5-9,12,14H2,1-4H3. The maximum absolute atomic E-state index is 12.9. The molecule has 1 aliphatic heterocycles. The topological polar surface area (TPSA) is 97.5 Å². The average Bonchev–Trinajstić information content (AvgIpc) is 3.19. The lowest BCUT2D eigenvalue weighted by Gasteiger charge is -2.29. The summed E-state index contributed by atoms with van der Waals surface area (Å²) in [4.78, 5) is 22.0. The third-order valence-electron chi connectivity index (χ3n) is 6.02. The van der Waals surface area contributed by atoms with Crippen LogP contribution in [-0.4, -0.2) is 52.3 Å². The Labute approximate surface area is 198 Å². The number of hydrogen-bond donors (Lipinski definition) is 0. The van der Waals surface area contributed by atoms with E-state index in [0.717, 1.165) is 49.1 Å². The molecule has 3 aromatic rings. The van der Waals surface area contributed by atoms with Crippen LogP contribution in [-0.2, 0) is 22.9 Å². The van der Waals surface area contributed by atoms with E-state index in [1.807, 2.05) is 19.9 Å². The molecule has 10 heteroatoms. The highest BCUT2D eigenvalue weighted by molar-refractivity contribution is 7.99. The van der Waals surface area contributed by atoms with Crippen LogP contribution in [0.2, 0.25) is 0 Å². The molecule has 0 unspecified atom stereocenters. The Hall–Kier alpha value is -2.46. The van der Waals surface area contributed by atoms with Crippen LogP contribution >= 0.6 is 11.8 Å². The molecule has 4 rings (SSSR count). The van der Waals surface area contributed by atoms with E-state index in [0.29, 0.717) is 28.7 Å². The van der Waals surface area contributed by atoms with Gasteiger partial charge in [0.25, 0.3) is 5.78 Å². The van der Waals surface area contributed by atoms with Gasteiger partial charge in [-0.1, -0.05) is 25.1 Å². The van der Waals surface area contributed by atoms with Crippen molar-refractivity contribution in [1.82, 2.24) is 19.6 Å². The lowest BCUT2D eigenvalue weighted by Crippen LogP contribution is -2.34. The van der Waals surface area contributed by atoms with Gasteiger partial charge in [0, 0.05) is 23.5 Å². The second-order valence-electron chi connectivity index (χ2n) is 8.46. The maximum atomic E-state index is 12.9. The summed E-state index contributed by atoms with van der Waals surface area (Å²) in [5, 5.41) is 5.10. The van der Waals surface area contributed by atoms with Crippen molar-refractivity contribution in [2.45, 2.75) is 58.0 Å². The molecule has 0 saturated carbocycles. The summed E-state index contributed by atoms with van der Waals surface area (Å²) >= 11 is 1.29. The molecule has 3 heterocycles. The molecule has 0 aliphatic carbocycles. The van der Waals surface area contributed by atoms with Crippen molar-refractivity contribution >= 4 is 39.0 Å². The fourth-order valence-corrected chi connectivity index (χ4v) is 5.97. The number of carbonyl (C=O) groups is 1. The van der Waals surface area contributed by atoms with E-state index < -0.39 is 10.0 Å². The van der Waals surface area contributed by atoms with E-state index in [1.54, 1.807) is 16.6 Å². The highest BCUT2D eigenvalue weighted by Gasteiger charge is 2.25. The molecule has 0 fully saturated rings. The molecule has 176 valence electrons. The number of Topliss-reactive ketones (excluding diaryl/α,β-unsaturated/α-hetero) is 1. The van der Waals surface area contributed by atoms with Crippen LogP contribution in [0.4, 0.5) is 5.69 Å². The molecule has 0 atom stereocenters. The Morgan fingerprint density at radius 2 is 2.00 bits per heavy atom. The minimum Gasteiger partial charge on any atom is -0.293 e. The minimum atomic E-state index is -3.33. The van der Waals surface area contributed by atoms with E-state index in [9.17, 15) is 13.2 Å². The van der Waals surface area contributed by atoms with Crippen molar-refractivity contribution in [3.63, 3.8) is 0 Å². The number of nitrogens with zero attached hydrogens (tertiary/aromatic N) is 5. The number of aryl methyl sites for hydroxylation is 3. The summed E-state index contributed by atoms with van der Waals surface area (Å²) in [5.41, 5.74) is 5.37. The Kier molecular flexibility index (Phi) is 6.76. The molecule has 1 aliphatic rings. The number of aromatic nitrogens is 4. The Bertz CT molecular complexity index is 1320. The second kappa shape index (κ2) is 9.42. The Morgan fingerprint density at radius 1 is 1.21 bits per heavy atom. The molecular weight excluding hydrogens is 458 g/mol. The van der Waals surface area contributed by atoms with Gasteiger partial charge in [0.15, 0.2) is 5.78 Å². The second-order valence-corrected chi connectivity index (χ2v) is 11.3. The summed E-state index contributed by atoms with van der Waals surface area (Å²) < 4.78 is 27.3. The van der Waals surface area contributed by atoms with Gasteiger partial charge in [0.2, 0.25) is 15.2 Å². The van der Waals surface area contributed by atoms with Crippen LogP contribution in [0.1, 0.15) is 59.1 Å². The zero-order chi connectivity index (χ0) is 23.8. The van der Waals surface area contributed by atoms with Crippen molar-refractivity contribution in [1.29, 1.82) is 0 Å². The number of fused-ring (bicyclic) bond motifs is 2. The van der Waals surface area contributed by atoms with Crippen LogP contribution in [0.5, 0.6) is 0 Å². The molecule has 1 aromatic carbocycles. The van der Waals surface area contributed by atoms with E-state index in [4.69, 9.17) is 0 Å². The van der Waals surface area contributed by atoms with Crippen LogP contribution in [0.3, 0.4) is 0 Å². The first kappa shape index (κ1) is 23.7. The normalized spacial score (nSPS) is 14.0. The van der Waals surface area contributed by atoms with Crippen LogP contribution in [0.15, 0.2) is 23.4 Å². The first-order valence-corrected chi connectivity index (χ1v) is 14.0. The third kappa shape index (κ3) is 4.91. The van der Waals surface area contributed by atoms with Gasteiger partial charge < -0.3 is 0 Å². The monoisotopic (exact) mass is 487 g/mol. The number of thioether (sulfide) groups is 1. The number of anilines is 1. The van der Waals surface area contributed by atoms with Crippen molar-refractivity contribution in [2.24, 2.45) is 0 Å². The number of hydrogen-bond acceptors (Lipinski definition) is 7. The highest BCUT2D eigenvalue weighted by Crippen LogP contribution is 2.30. The summed E-state index contributed by atoms with van der Waals surface area (Å²) in [6.45, 7) is 6.68. The van der Waals surface area contributed by atoms with Gasteiger partial charge in [-0.05, 0) is 68.9 Å². The quantitative estimate of drug-likeness (QED) is 0.352.